The van der Waals surface area contributed by atoms with Gasteiger partial charge in [0.15, 0.2) is 11.4 Å². The molecule has 0 saturated heterocycles. The SMILES string of the molecule is O=c1c(/C=N/n2c(-c3ccccc3)n[nH]c2=S)coc2c(Br)c(O)c(Br)cc12. The van der Waals surface area contributed by atoms with E-state index in [0.717, 1.165) is 5.56 Å². The summed E-state index contributed by atoms with van der Waals surface area (Å²) in [7, 11) is 0. The Bertz CT molecular complexity index is 1340. The Hall–Kier alpha value is -2.56. The summed E-state index contributed by atoms with van der Waals surface area (Å²) >= 11 is 11.7. The maximum absolute atomic E-state index is 12.8. The van der Waals surface area contributed by atoms with Crippen LogP contribution < -0.4 is 5.43 Å². The van der Waals surface area contributed by atoms with Crippen LogP contribution in [0.2, 0.25) is 0 Å². The van der Waals surface area contributed by atoms with Crippen LogP contribution in [0.25, 0.3) is 22.4 Å². The number of nitrogens with zero attached hydrogens (tertiary/aromatic N) is 3. The highest BCUT2D eigenvalue weighted by Gasteiger charge is 2.15. The molecular formula is C18H10Br2N4O3S. The van der Waals surface area contributed by atoms with E-state index in [-0.39, 0.29) is 27.1 Å². The first kappa shape index (κ1) is 18.8. The van der Waals surface area contributed by atoms with Crippen LogP contribution in [0, 0.1) is 4.77 Å². The Kier molecular flexibility index (Phi) is 5.00. The first-order chi connectivity index (χ1) is 13.5. The third kappa shape index (κ3) is 3.23. The molecule has 0 aliphatic carbocycles. The van der Waals surface area contributed by atoms with E-state index in [0.29, 0.717) is 20.2 Å². The molecule has 10 heteroatoms. The molecule has 4 aromatic rings. The molecule has 0 spiro atoms. The summed E-state index contributed by atoms with van der Waals surface area (Å²) in [6.45, 7) is 0. The van der Waals surface area contributed by atoms with Crippen molar-refractivity contribution in [2.24, 2.45) is 5.10 Å². The first-order valence-corrected chi connectivity index (χ1v) is 9.86. The molecule has 0 amide bonds. The second-order valence-corrected chi connectivity index (χ2v) is 7.73. The van der Waals surface area contributed by atoms with Gasteiger partial charge in [-0.25, -0.2) is 5.10 Å². The number of fused-ring (bicyclic) bond motifs is 1. The number of H-pyrrole nitrogens is 1. The predicted octanol–water partition coefficient (Wildman–Crippen LogP) is 4.83. The molecular weight excluding hydrogens is 512 g/mol. The number of hydrogen-bond donors (Lipinski definition) is 2. The largest absolute Gasteiger partial charge is 0.505 e. The number of rotatable bonds is 3. The average molecular weight is 522 g/mol. The normalized spacial score (nSPS) is 11.5. The number of aromatic amines is 1. The van der Waals surface area contributed by atoms with Gasteiger partial charge in [-0.3, -0.25) is 4.79 Å². The number of phenols is 1. The molecule has 0 aliphatic heterocycles. The Morgan fingerprint density at radius 3 is 2.79 bits per heavy atom. The van der Waals surface area contributed by atoms with Gasteiger partial charge < -0.3 is 9.52 Å². The fraction of sp³-hybridized carbons (Fsp3) is 0. The fourth-order valence-electron chi connectivity index (χ4n) is 2.59. The van der Waals surface area contributed by atoms with Crippen LogP contribution in [-0.4, -0.2) is 26.2 Å². The molecule has 0 atom stereocenters. The van der Waals surface area contributed by atoms with Crippen molar-refractivity contribution in [2.75, 3.05) is 0 Å². The van der Waals surface area contributed by atoms with E-state index in [1.807, 2.05) is 30.3 Å². The Morgan fingerprint density at radius 1 is 1.29 bits per heavy atom. The molecule has 2 heterocycles. The summed E-state index contributed by atoms with van der Waals surface area (Å²) in [6, 6.07) is 10.9. The van der Waals surface area contributed by atoms with E-state index in [2.05, 4.69) is 47.2 Å². The molecule has 4 rings (SSSR count). The second-order valence-electron chi connectivity index (χ2n) is 5.69. The van der Waals surface area contributed by atoms with Crippen LogP contribution in [0.4, 0.5) is 0 Å². The minimum Gasteiger partial charge on any atom is -0.505 e. The lowest BCUT2D eigenvalue weighted by Gasteiger charge is -2.05. The minimum absolute atomic E-state index is 0.0470. The number of halogens is 2. The third-order valence-corrected chi connectivity index (χ3v) is 5.56. The van der Waals surface area contributed by atoms with E-state index < -0.39 is 0 Å². The van der Waals surface area contributed by atoms with Crippen LogP contribution in [0.15, 0.2) is 65.9 Å². The van der Waals surface area contributed by atoms with Crippen LogP contribution in [0.5, 0.6) is 5.75 Å². The second kappa shape index (κ2) is 7.46. The molecule has 0 unspecified atom stereocenters. The molecule has 0 aliphatic rings. The Labute approximate surface area is 179 Å². The van der Waals surface area contributed by atoms with Crippen molar-refractivity contribution < 1.29 is 9.52 Å². The highest BCUT2D eigenvalue weighted by atomic mass is 79.9. The number of aromatic hydroxyl groups is 1. The van der Waals surface area contributed by atoms with Gasteiger partial charge in [-0.15, -0.1) is 0 Å². The van der Waals surface area contributed by atoms with Crippen LogP contribution in [0.3, 0.4) is 0 Å². The van der Waals surface area contributed by atoms with E-state index in [4.69, 9.17) is 16.6 Å². The van der Waals surface area contributed by atoms with Crippen molar-refractivity contribution in [3.05, 3.63) is 72.2 Å². The summed E-state index contributed by atoms with van der Waals surface area (Å²) in [5.74, 6) is 0.469. The van der Waals surface area contributed by atoms with Gasteiger partial charge in [0.05, 0.1) is 21.6 Å². The predicted molar refractivity (Wildman–Crippen MR) is 115 cm³/mol. The summed E-state index contributed by atoms with van der Waals surface area (Å²) in [6.07, 6.45) is 2.63. The van der Waals surface area contributed by atoms with E-state index >= 15 is 0 Å². The van der Waals surface area contributed by atoms with Gasteiger partial charge >= 0.3 is 0 Å². The van der Waals surface area contributed by atoms with E-state index in [1.165, 1.54) is 23.2 Å². The molecule has 2 N–H and O–H groups in total. The maximum Gasteiger partial charge on any atom is 0.216 e. The number of nitrogens with one attached hydrogen (secondary N) is 1. The molecule has 0 saturated carbocycles. The highest BCUT2D eigenvalue weighted by Crippen LogP contribution is 2.37. The number of aromatic nitrogens is 3. The van der Waals surface area contributed by atoms with Gasteiger partial charge in [-0.1, -0.05) is 30.3 Å². The van der Waals surface area contributed by atoms with E-state index in [1.54, 1.807) is 0 Å². The van der Waals surface area contributed by atoms with Crippen molar-refractivity contribution >= 4 is 61.3 Å². The summed E-state index contributed by atoms with van der Waals surface area (Å²) in [5.41, 5.74) is 0.982. The summed E-state index contributed by atoms with van der Waals surface area (Å²) < 4.78 is 7.91. The molecule has 140 valence electrons. The summed E-state index contributed by atoms with van der Waals surface area (Å²) in [5, 5.41) is 21.4. The zero-order chi connectivity index (χ0) is 19.8. The lowest BCUT2D eigenvalue weighted by Crippen LogP contribution is -2.09. The minimum atomic E-state index is -0.303. The Morgan fingerprint density at radius 2 is 2.04 bits per heavy atom. The van der Waals surface area contributed by atoms with Gasteiger partial charge in [0.25, 0.3) is 0 Å². The quantitative estimate of drug-likeness (QED) is 0.297. The van der Waals surface area contributed by atoms with Crippen LogP contribution >= 0.6 is 44.1 Å². The molecule has 2 aromatic carbocycles. The molecule has 2 aromatic heterocycles. The molecule has 0 radical (unpaired) electrons. The zero-order valence-electron chi connectivity index (χ0n) is 13.9. The third-order valence-electron chi connectivity index (χ3n) is 3.95. The first-order valence-electron chi connectivity index (χ1n) is 7.87. The zero-order valence-corrected chi connectivity index (χ0v) is 17.9. The van der Waals surface area contributed by atoms with Crippen LogP contribution in [-0.2, 0) is 0 Å². The van der Waals surface area contributed by atoms with Gasteiger partial charge in [-0.2, -0.15) is 14.9 Å². The number of benzene rings is 2. The fourth-order valence-corrected chi connectivity index (χ4v) is 3.98. The van der Waals surface area contributed by atoms with Crippen LogP contribution in [0.1, 0.15) is 5.56 Å². The highest BCUT2D eigenvalue weighted by molar-refractivity contribution is 9.11. The lowest BCUT2D eigenvalue weighted by atomic mass is 10.2. The van der Waals surface area contributed by atoms with Crippen molar-refractivity contribution in [3.8, 4) is 17.1 Å². The molecule has 28 heavy (non-hydrogen) atoms. The number of phenolic OH excluding ortho intramolecular Hbond substituents is 1. The average Bonchev–Trinajstić information content (AvgIpc) is 3.07. The van der Waals surface area contributed by atoms with Gasteiger partial charge in [0, 0.05) is 5.56 Å². The monoisotopic (exact) mass is 520 g/mol. The topological polar surface area (TPSA) is 96.4 Å². The van der Waals surface area contributed by atoms with Gasteiger partial charge in [0.2, 0.25) is 10.2 Å². The molecule has 0 fully saturated rings. The van der Waals surface area contributed by atoms with Crippen molar-refractivity contribution in [1.82, 2.24) is 14.9 Å². The lowest BCUT2D eigenvalue weighted by molar-refractivity contribution is 0.467. The van der Waals surface area contributed by atoms with Crippen molar-refractivity contribution in [1.29, 1.82) is 0 Å². The molecule has 7 nitrogen and oxygen atoms in total. The Balaban J connectivity index is 1.82. The van der Waals surface area contributed by atoms with Crippen molar-refractivity contribution in [3.63, 3.8) is 0 Å². The smallest absolute Gasteiger partial charge is 0.216 e. The number of hydrogen-bond acceptors (Lipinski definition) is 6. The van der Waals surface area contributed by atoms with Crippen molar-refractivity contribution in [2.45, 2.75) is 0 Å². The molecule has 0 bridgehead atoms. The van der Waals surface area contributed by atoms with E-state index in [9.17, 15) is 9.90 Å². The summed E-state index contributed by atoms with van der Waals surface area (Å²) in [4.78, 5) is 12.8. The van der Waals surface area contributed by atoms with Gasteiger partial charge in [-0.05, 0) is 50.1 Å². The maximum atomic E-state index is 12.8. The standard InChI is InChI=1S/C18H10Br2N4O3S/c19-12-6-11-14(25)10(8-27-16(11)13(20)15(12)26)7-21-24-17(22-23-18(24)28)9-4-2-1-3-5-9/h1-8,26H,(H,23,28)/b21-7+. The van der Waals surface area contributed by atoms with Gasteiger partial charge in [0.1, 0.15) is 16.5 Å².